The van der Waals surface area contributed by atoms with E-state index >= 15 is 0 Å². The van der Waals surface area contributed by atoms with Crippen LogP contribution in [0.5, 0.6) is 0 Å². The number of aliphatic hydroxyl groups is 9. The SMILES string of the molecule is CC(=O)C1=CC[C@H]2[C@@H]3CC=C4C[C@@H](O[C@@H]5O[C@H](CO)[C@@H](O)[C@H](O[C@@H]6O[C@@H](CO)[C@H](O)[C@@H](O)[C@@H]6O)[C@H]5O[C@@H]5O[C@@H](C)[C@H](O)[C@@H](O)[C@H]5O)CC[C@]4(C)[C@H]3CC[C@]12C. The van der Waals surface area contributed by atoms with E-state index in [0.29, 0.717) is 30.6 Å². The van der Waals surface area contributed by atoms with Crippen molar-refractivity contribution in [3.8, 4) is 0 Å². The Kier molecular flexibility index (Phi) is 12.1. The third kappa shape index (κ3) is 7.20. The molecule has 9 N–H and O–H groups in total. The molecule has 0 aromatic carbocycles. The third-order valence-electron chi connectivity index (χ3n) is 14.4. The molecule has 21 atom stereocenters. The first-order valence-corrected chi connectivity index (χ1v) is 19.9. The zero-order valence-corrected chi connectivity index (χ0v) is 31.9. The monoisotopic (exact) mass is 784 g/mol. The van der Waals surface area contributed by atoms with Gasteiger partial charge in [-0.15, -0.1) is 0 Å². The zero-order valence-electron chi connectivity index (χ0n) is 31.9. The average Bonchev–Trinajstić information content (AvgIpc) is 3.52. The molecule has 16 heteroatoms. The minimum absolute atomic E-state index is 0.0852. The van der Waals surface area contributed by atoms with Gasteiger partial charge in [0.1, 0.15) is 67.1 Å². The van der Waals surface area contributed by atoms with Crippen LogP contribution < -0.4 is 0 Å². The number of ketones is 1. The molecule has 7 aliphatic rings. The second-order valence-corrected chi connectivity index (χ2v) is 17.4. The highest BCUT2D eigenvalue weighted by Crippen LogP contribution is 2.65. The number of hydrogen-bond donors (Lipinski definition) is 9. The number of Topliss-reactive ketones (excluding diaryl/α,β-unsaturated/α-hetero) is 1. The molecular weight excluding hydrogens is 724 g/mol. The molecule has 55 heavy (non-hydrogen) atoms. The second-order valence-electron chi connectivity index (χ2n) is 17.4. The van der Waals surface area contributed by atoms with Gasteiger partial charge in [0, 0.05) is 0 Å². The lowest BCUT2D eigenvalue weighted by Gasteiger charge is -2.58. The van der Waals surface area contributed by atoms with Crippen molar-refractivity contribution in [2.75, 3.05) is 13.2 Å². The van der Waals surface area contributed by atoms with Gasteiger partial charge in [-0.25, -0.2) is 0 Å². The zero-order chi connectivity index (χ0) is 39.7. The summed E-state index contributed by atoms with van der Waals surface area (Å²) < 4.78 is 36.3. The fraction of sp³-hybridized carbons (Fsp3) is 0.872. The molecule has 0 unspecified atom stereocenters. The fourth-order valence-electron chi connectivity index (χ4n) is 11.1. The van der Waals surface area contributed by atoms with Crippen molar-refractivity contribution in [2.24, 2.45) is 28.6 Å². The van der Waals surface area contributed by atoms with Crippen LogP contribution in [0.15, 0.2) is 23.3 Å². The first-order chi connectivity index (χ1) is 26.0. The number of rotatable bonds is 9. The summed E-state index contributed by atoms with van der Waals surface area (Å²) in [5.41, 5.74) is 2.05. The maximum atomic E-state index is 12.6. The van der Waals surface area contributed by atoms with Crippen LogP contribution in [0.25, 0.3) is 0 Å². The Morgan fingerprint density at radius 1 is 0.691 bits per heavy atom. The van der Waals surface area contributed by atoms with Gasteiger partial charge >= 0.3 is 0 Å². The predicted octanol–water partition coefficient (Wildman–Crippen LogP) is -1.06. The maximum absolute atomic E-state index is 12.6. The second kappa shape index (κ2) is 16.0. The van der Waals surface area contributed by atoms with Crippen LogP contribution in [-0.4, -0.2) is 163 Å². The van der Waals surface area contributed by atoms with Crippen LogP contribution in [0.1, 0.15) is 72.6 Å². The molecule has 0 amide bonds. The van der Waals surface area contributed by atoms with E-state index in [9.17, 15) is 50.8 Å². The molecule has 7 rings (SSSR count). The molecule has 16 nitrogen and oxygen atoms in total. The minimum atomic E-state index is -1.85. The van der Waals surface area contributed by atoms with Crippen LogP contribution in [0.4, 0.5) is 0 Å². The summed E-state index contributed by atoms with van der Waals surface area (Å²) in [4.78, 5) is 12.6. The molecule has 0 radical (unpaired) electrons. The Balaban J connectivity index is 1.14. The smallest absolute Gasteiger partial charge is 0.187 e. The quantitative estimate of drug-likeness (QED) is 0.126. The molecule has 3 saturated heterocycles. The van der Waals surface area contributed by atoms with Gasteiger partial charge in [0.15, 0.2) is 24.7 Å². The largest absolute Gasteiger partial charge is 0.394 e. The van der Waals surface area contributed by atoms with E-state index in [0.717, 1.165) is 37.7 Å². The molecule has 0 spiro atoms. The summed E-state index contributed by atoms with van der Waals surface area (Å²) in [7, 11) is 0. The topological polar surface area (TPSA) is 255 Å². The highest BCUT2D eigenvalue weighted by atomic mass is 16.8. The van der Waals surface area contributed by atoms with Gasteiger partial charge in [-0.05, 0) is 93.0 Å². The lowest BCUT2D eigenvalue weighted by atomic mass is 9.47. The van der Waals surface area contributed by atoms with E-state index in [-0.39, 0.29) is 16.6 Å². The van der Waals surface area contributed by atoms with E-state index in [4.69, 9.17) is 28.4 Å². The molecule has 3 heterocycles. The predicted molar refractivity (Wildman–Crippen MR) is 188 cm³/mol. The molecule has 4 aliphatic carbocycles. The molecular formula is C39H60O16. The Morgan fingerprint density at radius 3 is 1.96 bits per heavy atom. The Labute approximate surface area is 320 Å². The van der Waals surface area contributed by atoms with Crippen molar-refractivity contribution in [2.45, 2.75) is 171 Å². The lowest BCUT2D eigenvalue weighted by molar-refractivity contribution is -0.394. The number of carbonyl (C=O) groups excluding carboxylic acids is 1. The van der Waals surface area contributed by atoms with Crippen LogP contribution in [-0.2, 0) is 33.2 Å². The molecule has 5 fully saturated rings. The molecule has 312 valence electrons. The molecule has 2 saturated carbocycles. The number of fused-ring (bicyclic) bond motifs is 5. The Bertz CT molecular complexity index is 1460. The number of hydrogen-bond acceptors (Lipinski definition) is 16. The minimum Gasteiger partial charge on any atom is -0.394 e. The van der Waals surface area contributed by atoms with Gasteiger partial charge in [-0.1, -0.05) is 31.6 Å². The van der Waals surface area contributed by atoms with Crippen molar-refractivity contribution in [3.63, 3.8) is 0 Å². The van der Waals surface area contributed by atoms with Gasteiger partial charge in [0.05, 0.1) is 25.4 Å². The van der Waals surface area contributed by atoms with E-state index in [1.807, 2.05) is 0 Å². The van der Waals surface area contributed by atoms with Crippen molar-refractivity contribution >= 4 is 5.78 Å². The van der Waals surface area contributed by atoms with Crippen LogP contribution in [0, 0.1) is 28.6 Å². The Morgan fingerprint density at radius 2 is 1.29 bits per heavy atom. The summed E-state index contributed by atoms with van der Waals surface area (Å²) in [6, 6.07) is 0. The van der Waals surface area contributed by atoms with Crippen molar-refractivity contribution in [1.29, 1.82) is 0 Å². The van der Waals surface area contributed by atoms with E-state index in [1.54, 1.807) is 6.92 Å². The Hall–Kier alpha value is -1.45. The standard InChI is InChI=1S/C39H60O16/c1-16(42)21-7-8-22-20-6-5-18-13-19(9-11-38(18,3)23(20)10-12-39(21,22)4)51-37-34(55-35-31(48)29(46)26(43)17(2)50-35)33(28(45)25(15-41)53-37)54-36-32(49)30(47)27(44)24(14-40)52-36/h5,7,17,19-20,22-37,40-41,43-49H,6,8-15H2,1-4H3/t17-,19-,20-,22-,23-,24-,25+,26-,27-,28+,29+,30+,31+,32-,33-,34+,35-,36-,37+,38-,39+/m0/s1. The van der Waals surface area contributed by atoms with Crippen molar-refractivity contribution < 1.29 is 79.2 Å². The number of aliphatic hydroxyl groups excluding tert-OH is 9. The summed E-state index contributed by atoms with van der Waals surface area (Å²) >= 11 is 0. The molecule has 3 aliphatic heterocycles. The lowest BCUT2D eigenvalue weighted by Crippen LogP contribution is -2.67. The van der Waals surface area contributed by atoms with E-state index in [2.05, 4.69) is 26.0 Å². The first-order valence-electron chi connectivity index (χ1n) is 19.9. The molecule has 0 aromatic heterocycles. The van der Waals surface area contributed by atoms with Crippen LogP contribution >= 0.6 is 0 Å². The fourth-order valence-corrected chi connectivity index (χ4v) is 11.1. The summed E-state index contributed by atoms with van der Waals surface area (Å²) in [5, 5.41) is 95.0. The van der Waals surface area contributed by atoms with E-state index in [1.165, 1.54) is 12.5 Å². The maximum Gasteiger partial charge on any atom is 0.187 e. The summed E-state index contributed by atoms with van der Waals surface area (Å²) in [6.07, 6.45) is -13.4. The number of allylic oxidation sites excluding steroid dienone is 3. The number of carbonyl (C=O) groups is 1. The normalized spacial score (nSPS) is 52.7. The third-order valence-corrected chi connectivity index (χ3v) is 14.4. The van der Waals surface area contributed by atoms with Crippen LogP contribution in [0.3, 0.4) is 0 Å². The molecule has 0 bridgehead atoms. The van der Waals surface area contributed by atoms with Gasteiger partial charge in [-0.2, -0.15) is 0 Å². The van der Waals surface area contributed by atoms with Gasteiger partial charge < -0.3 is 74.4 Å². The van der Waals surface area contributed by atoms with Gasteiger partial charge in [0.25, 0.3) is 0 Å². The average molecular weight is 785 g/mol. The van der Waals surface area contributed by atoms with Crippen molar-refractivity contribution in [3.05, 3.63) is 23.3 Å². The summed E-state index contributed by atoms with van der Waals surface area (Å²) in [6.45, 7) is 6.31. The van der Waals surface area contributed by atoms with Crippen LogP contribution in [0.2, 0.25) is 0 Å². The highest BCUT2D eigenvalue weighted by molar-refractivity contribution is 5.95. The van der Waals surface area contributed by atoms with E-state index < -0.39 is 111 Å². The number of ether oxygens (including phenoxy) is 6. The first kappa shape index (κ1) is 41.7. The van der Waals surface area contributed by atoms with Gasteiger partial charge in [-0.3, -0.25) is 4.79 Å². The molecule has 0 aromatic rings. The summed E-state index contributed by atoms with van der Waals surface area (Å²) in [5.74, 6) is 1.45. The van der Waals surface area contributed by atoms with Gasteiger partial charge in [0.2, 0.25) is 0 Å². The highest BCUT2D eigenvalue weighted by Gasteiger charge is 2.59. The van der Waals surface area contributed by atoms with Crippen molar-refractivity contribution in [1.82, 2.24) is 0 Å².